The Balaban J connectivity index is 1.09. The standard InChI is InChI=1S/C31H33N3O3S/c1-2-5-26(20-30(35)36)25-12-14-27(15-13-25)37-22-24-10-8-23(9-11-24)21-33-16-18-34(19-17-33)31-32-28-6-3-4-7-29(28)38-31/h2-15,26H,16-22H2,1H3,(H,35,36)/t26-/m1/s1. The summed E-state index contributed by atoms with van der Waals surface area (Å²) >= 11 is 1.78. The number of hydrogen-bond acceptors (Lipinski definition) is 6. The summed E-state index contributed by atoms with van der Waals surface area (Å²) in [4.78, 5) is 20.9. The van der Waals surface area contributed by atoms with E-state index in [1.807, 2.05) is 49.4 Å². The number of fused-ring (bicyclic) bond motifs is 1. The highest BCUT2D eigenvalue weighted by atomic mass is 32.1. The Bertz CT molecular complexity index is 1340. The van der Waals surface area contributed by atoms with E-state index in [9.17, 15) is 4.79 Å². The van der Waals surface area contributed by atoms with E-state index in [1.165, 1.54) is 10.3 Å². The van der Waals surface area contributed by atoms with E-state index in [4.69, 9.17) is 14.8 Å². The summed E-state index contributed by atoms with van der Waals surface area (Å²) in [5, 5.41) is 10.3. The molecule has 3 aromatic carbocycles. The zero-order valence-electron chi connectivity index (χ0n) is 21.6. The number of para-hydroxylation sites is 1. The lowest BCUT2D eigenvalue weighted by molar-refractivity contribution is -0.137. The van der Waals surface area contributed by atoms with Crippen LogP contribution in [0, 0.1) is 0 Å². The number of thiazole rings is 1. The van der Waals surface area contributed by atoms with Gasteiger partial charge in [0.1, 0.15) is 12.4 Å². The lowest BCUT2D eigenvalue weighted by Crippen LogP contribution is -2.45. The van der Waals surface area contributed by atoms with Crippen LogP contribution >= 0.6 is 11.3 Å². The van der Waals surface area contributed by atoms with Crippen LogP contribution in [-0.4, -0.2) is 47.1 Å². The van der Waals surface area contributed by atoms with Gasteiger partial charge in [0.25, 0.3) is 0 Å². The Labute approximate surface area is 227 Å². The van der Waals surface area contributed by atoms with Crippen LogP contribution in [-0.2, 0) is 17.9 Å². The summed E-state index contributed by atoms with van der Waals surface area (Å²) in [5.74, 6) is -0.156. The maximum absolute atomic E-state index is 11.1. The van der Waals surface area contributed by atoms with Crippen LogP contribution in [0.5, 0.6) is 5.75 Å². The van der Waals surface area contributed by atoms with Crippen LogP contribution in [0.25, 0.3) is 10.2 Å². The molecule has 0 aliphatic carbocycles. The van der Waals surface area contributed by atoms with Gasteiger partial charge in [0.05, 0.1) is 16.6 Å². The van der Waals surface area contributed by atoms with Gasteiger partial charge in [0.15, 0.2) is 5.13 Å². The third-order valence-corrected chi connectivity index (χ3v) is 7.98. The van der Waals surface area contributed by atoms with Crippen molar-refractivity contribution in [1.29, 1.82) is 0 Å². The van der Waals surface area contributed by atoms with Crippen molar-refractivity contribution >= 4 is 32.7 Å². The lowest BCUT2D eigenvalue weighted by atomic mass is 9.95. The molecule has 1 aromatic heterocycles. The maximum Gasteiger partial charge on any atom is 0.304 e. The predicted molar refractivity (Wildman–Crippen MR) is 154 cm³/mol. The first-order valence-corrected chi connectivity index (χ1v) is 13.9. The van der Waals surface area contributed by atoms with Crippen LogP contribution in [0.3, 0.4) is 0 Å². The van der Waals surface area contributed by atoms with Crippen molar-refractivity contribution in [2.45, 2.75) is 32.4 Å². The molecular formula is C31H33N3O3S. The van der Waals surface area contributed by atoms with Gasteiger partial charge in [0.2, 0.25) is 0 Å². The Morgan fingerprint density at radius 2 is 1.71 bits per heavy atom. The normalized spacial score (nSPS) is 15.2. The number of hydrogen-bond donors (Lipinski definition) is 1. The van der Waals surface area contributed by atoms with E-state index in [0.29, 0.717) is 6.61 Å². The molecule has 1 aliphatic rings. The third-order valence-electron chi connectivity index (χ3n) is 6.89. The molecule has 0 unspecified atom stereocenters. The molecule has 5 rings (SSSR count). The number of anilines is 1. The quantitative estimate of drug-likeness (QED) is 0.243. The highest BCUT2D eigenvalue weighted by Gasteiger charge is 2.20. The predicted octanol–water partition coefficient (Wildman–Crippen LogP) is 6.33. The van der Waals surface area contributed by atoms with Gasteiger partial charge in [-0.1, -0.05) is 72.0 Å². The number of carbonyl (C=O) groups is 1. The number of ether oxygens (including phenoxy) is 1. The molecular weight excluding hydrogens is 494 g/mol. The molecule has 1 saturated heterocycles. The van der Waals surface area contributed by atoms with Gasteiger partial charge in [-0.05, 0) is 47.9 Å². The fraction of sp³-hybridized carbons (Fsp3) is 0.290. The van der Waals surface area contributed by atoms with Crippen LogP contribution in [0.15, 0.2) is 84.9 Å². The fourth-order valence-electron chi connectivity index (χ4n) is 4.79. The molecule has 7 heteroatoms. The van der Waals surface area contributed by atoms with E-state index in [1.54, 1.807) is 11.3 Å². The monoisotopic (exact) mass is 527 g/mol. The zero-order valence-corrected chi connectivity index (χ0v) is 22.4. The molecule has 0 amide bonds. The molecule has 38 heavy (non-hydrogen) atoms. The summed E-state index contributed by atoms with van der Waals surface area (Å²) in [7, 11) is 0. The highest BCUT2D eigenvalue weighted by Crippen LogP contribution is 2.29. The van der Waals surface area contributed by atoms with Crippen LogP contribution in [0.2, 0.25) is 0 Å². The number of nitrogens with zero attached hydrogens (tertiary/aromatic N) is 3. The molecule has 1 atom stereocenters. The second-order valence-corrected chi connectivity index (χ2v) is 10.6. The smallest absolute Gasteiger partial charge is 0.304 e. The molecule has 0 saturated carbocycles. The molecule has 6 nitrogen and oxygen atoms in total. The van der Waals surface area contributed by atoms with Crippen molar-refractivity contribution in [3.63, 3.8) is 0 Å². The molecule has 1 fully saturated rings. The average molecular weight is 528 g/mol. The lowest BCUT2D eigenvalue weighted by Gasteiger charge is -2.34. The van der Waals surface area contributed by atoms with Gasteiger partial charge in [0, 0.05) is 38.6 Å². The fourth-order valence-corrected chi connectivity index (χ4v) is 5.80. The molecule has 4 aromatic rings. The summed E-state index contributed by atoms with van der Waals surface area (Å²) in [6.45, 7) is 7.39. The van der Waals surface area contributed by atoms with Crippen molar-refractivity contribution in [2.75, 3.05) is 31.1 Å². The van der Waals surface area contributed by atoms with E-state index in [0.717, 1.165) is 60.2 Å². The van der Waals surface area contributed by atoms with E-state index in [2.05, 4.69) is 52.3 Å². The summed E-state index contributed by atoms with van der Waals surface area (Å²) in [6.07, 6.45) is 3.90. The topological polar surface area (TPSA) is 65.9 Å². The number of aromatic nitrogens is 1. The van der Waals surface area contributed by atoms with Gasteiger partial charge in [-0.15, -0.1) is 0 Å². The number of aliphatic carboxylic acids is 1. The van der Waals surface area contributed by atoms with Crippen LogP contribution in [0.1, 0.15) is 36.0 Å². The summed E-state index contributed by atoms with van der Waals surface area (Å²) < 4.78 is 7.23. The Morgan fingerprint density at radius 1 is 1.00 bits per heavy atom. The van der Waals surface area contributed by atoms with E-state index >= 15 is 0 Å². The Hall–Kier alpha value is -3.68. The first-order valence-electron chi connectivity index (χ1n) is 13.1. The molecule has 2 heterocycles. The van der Waals surface area contributed by atoms with Crippen molar-refractivity contribution in [2.24, 2.45) is 0 Å². The molecule has 0 spiro atoms. The molecule has 196 valence electrons. The number of carboxylic acids is 1. The highest BCUT2D eigenvalue weighted by molar-refractivity contribution is 7.22. The summed E-state index contributed by atoms with van der Waals surface area (Å²) in [5.41, 5.74) is 4.49. The minimum absolute atomic E-state index is 0.0791. The maximum atomic E-state index is 11.1. The SMILES string of the molecule is CC=C[C@H](CC(=O)O)c1ccc(OCc2ccc(CN3CCN(c4nc5ccccc5s4)CC3)cc2)cc1. The number of allylic oxidation sites excluding steroid dienone is 2. The number of piperazine rings is 1. The molecule has 0 bridgehead atoms. The van der Waals surface area contributed by atoms with Gasteiger partial charge >= 0.3 is 5.97 Å². The first kappa shape index (κ1) is 25.9. The van der Waals surface area contributed by atoms with Crippen molar-refractivity contribution in [3.05, 3.63) is 102 Å². The largest absolute Gasteiger partial charge is 0.489 e. The minimum Gasteiger partial charge on any atom is -0.489 e. The third kappa shape index (κ3) is 6.60. The van der Waals surface area contributed by atoms with E-state index < -0.39 is 5.97 Å². The average Bonchev–Trinajstić information content (AvgIpc) is 3.37. The molecule has 1 N–H and O–H groups in total. The zero-order chi connectivity index (χ0) is 26.3. The summed E-state index contributed by atoms with van der Waals surface area (Å²) in [6, 6.07) is 24.7. The Morgan fingerprint density at radius 3 is 2.39 bits per heavy atom. The van der Waals surface area contributed by atoms with Crippen LogP contribution < -0.4 is 9.64 Å². The number of benzene rings is 3. The van der Waals surface area contributed by atoms with Gasteiger partial charge in [-0.2, -0.15) is 0 Å². The van der Waals surface area contributed by atoms with Gasteiger partial charge < -0.3 is 14.7 Å². The number of rotatable bonds is 10. The van der Waals surface area contributed by atoms with Gasteiger partial charge in [-0.25, -0.2) is 4.98 Å². The second-order valence-electron chi connectivity index (χ2n) is 9.63. The van der Waals surface area contributed by atoms with Crippen molar-refractivity contribution in [1.82, 2.24) is 9.88 Å². The van der Waals surface area contributed by atoms with Crippen molar-refractivity contribution in [3.8, 4) is 5.75 Å². The first-order chi connectivity index (χ1) is 18.6. The van der Waals surface area contributed by atoms with Crippen LogP contribution in [0.4, 0.5) is 5.13 Å². The number of carboxylic acid groups (broad SMARTS) is 1. The van der Waals surface area contributed by atoms with Gasteiger partial charge in [-0.3, -0.25) is 9.69 Å². The second kappa shape index (κ2) is 12.2. The van der Waals surface area contributed by atoms with E-state index in [-0.39, 0.29) is 12.3 Å². The van der Waals surface area contributed by atoms with Crippen molar-refractivity contribution < 1.29 is 14.6 Å². The molecule has 1 aliphatic heterocycles. The molecule has 0 radical (unpaired) electrons. The Kier molecular flexibility index (Phi) is 8.36. The minimum atomic E-state index is -0.802.